The molecule has 3 nitrogen and oxygen atoms in total. The maximum absolute atomic E-state index is 5.45. The Morgan fingerprint density at radius 2 is 1.65 bits per heavy atom. The summed E-state index contributed by atoms with van der Waals surface area (Å²) in [5, 5.41) is 3.32. The summed E-state index contributed by atoms with van der Waals surface area (Å²) in [4.78, 5) is 4.55. The number of aromatic amines is 1. The number of hydrogen-bond acceptors (Lipinski definition) is 2. The second-order valence-electron chi connectivity index (χ2n) is 5.59. The minimum absolute atomic E-state index is 0.528. The smallest absolute Gasteiger partial charge is 0.219 e. The lowest BCUT2D eigenvalue weighted by molar-refractivity contribution is 0.907. The van der Waals surface area contributed by atoms with Crippen LogP contribution in [0.15, 0.2) is 66.7 Å². The van der Waals surface area contributed by atoms with Gasteiger partial charge in [-0.2, -0.15) is 0 Å². The summed E-state index contributed by atoms with van der Waals surface area (Å²) in [5.41, 5.74) is 6.37. The Morgan fingerprint density at radius 3 is 2.39 bits per heavy atom. The average molecular weight is 317 g/mol. The van der Waals surface area contributed by atoms with Gasteiger partial charge in [0.15, 0.2) is 0 Å². The number of rotatable bonds is 2. The molecule has 0 aliphatic heterocycles. The summed E-state index contributed by atoms with van der Waals surface area (Å²) in [5.74, 6) is 0. The fourth-order valence-electron chi connectivity index (χ4n) is 2.66. The highest BCUT2D eigenvalue weighted by atomic mass is 32.1. The number of nitrogens with one attached hydrogen (secondary N) is 1. The van der Waals surface area contributed by atoms with E-state index in [0.717, 1.165) is 28.0 Å². The van der Waals surface area contributed by atoms with Gasteiger partial charge in [-0.25, -0.2) is 9.50 Å². The van der Waals surface area contributed by atoms with E-state index < -0.39 is 0 Å². The summed E-state index contributed by atoms with van der Waals surface area (Å²) < 4.78 is 2.37. The van der Waals surface area contributed by atoms with Crippen molar-refractivity contribution in [2.75, 3.05) is 0 Å². The number of aryl methyl sites for hydroxylation is 1. The van der Waals surface area contributed by atoms with Crippen LogP contribution in [0.3, 0.4) is 0 Å². The number of H-pyrrole nitrogens is 1. The largest absolute Gasteiger partial charge is 0.291 e. The molecule has 0 radical (unpaired) electrons. The number of aromatic nitrogens is 3. The van der Waals surface area contributed by atoms with Crippen LogP contribution in [-0.4, -0.2) is 14.6 Å². The lowest BCUT2D eigenvalue weighted by Gasteiger charge is -2.02. The SMILES string of the molecule is Cc1ccc(-c2cc3cc(-c4ccccc4)[nH]n3c(=S)n2)cc1. The third-order valence-corrected chi connectivity index (χ3v) is 4.18. The van der Waals surface area contributed by atoms with Crippen LogP contribution in [0.4, 0.5) is 0 Å². The van der Waals surface area contributed by atoms with Crippen LogP contribution < -0.4 is 0 Å². The highest BCUT2D eigenvalue weighted by molar-refractivity contribution is 7.71. The Bertz CT molecular complexity index is 1030. The van der Waals surface area contributed by atoms with Crippen molar-refractivity contribution < 1.29 is 0 Å². The Balaban J connectivity index is 1.87. The van der Waals surface area contributed by atoms with Crippen molar-refractivity contribution in [3.8, 4) is 22.5 Å². The van der Waals surface area contributed by atoms with Crippen LogP contribution in [-0.2, 0) is 0 Å². The van der Waals surface area contributed by atoms with Gasteiger partial charge in [-0.1, -0.05) is 60.2 Å². The lowest BCUT2D eigenvalue weighted by Crippen LogP contribution is -1.95. The molecule has 0 saturated heterocycles. The molecule has 0 saturated carbocycles. The average Bonchev–Trinajstić information content (AvgIpc) is 3.01. The van der Waals surface area contributed by atoms with E-state index in [1.54, 1.807) is 0 Å². The van der Waals surface area contributed by atoms with E-state index in [0.29, 0.717) is 4.77 Å². The molecule has 0 aliphatic rings. The van der Waals surface area contributed by atoms with Crippen LogP contribution in [0.25, 0.3) is 28.0 Å². The van der Waals surface area contributed by atoms with E-state index in [1.807, 2.05) is 22.7 Å². The van der Waals surface area contributed by atoms with Gasteiger partial charge in [-0.05, 0) is 36.8 Å². The number of benzene rings is 2. The summed E-state index contributed by atoms with van der Waals surface area (Å²) in [6.45, 7) is 2.08. The first-order chi connectivity index (χ1) is 11.2. The molecule has 112 valence electrons. The van der Waals surface area contributed by atoms with E-state index in [1.165, 1.54) is 5.56 Å². The molecule has 23 heavy (non-hydrogen) atoms. The van der Waals surface area contributed by atoms with Gasteiger partial charge in [0.1, 0.15) is 0 Å². The first kappa shape index (κ1) is 13.9. The lowest BCUT2D eigenvalue weighted by atomic mass is 10.1. The van der Waals surface area contributed by atoms with Gasteiger partial charge in [0, 0.05) is 5.56 Å². The highest BCUT2D eigenvalue weighted by Gasteiger charge is 2.07. The van der Waals surface area contributed by atoms with Gasteiger partial charge in [0.25, 0.3) is 0 Å². The predicted octanol–water partition coefficient (Wildman–Crippen LogP) is 5.03. The van der Waals surface area contributed by atoms with Crippen LogP contribution in [0, 0.1) is 11.7 Å². The summed E-state index contributed by atoms with van der Waals surface area (Å²) in [6.07, 6.45) is 0. The van der Waals surface area contributed by atoms with E-state index in [2.05, 4.69) is 65.5 Å². The minimum Gasteiger partial charge on any atom is -0.291 e. The molecular formula is C19H15N3S. The first-order valence-electron chi connectivity index (χ1n) is 7.46. The van der Waals surface area contributed by atoms with E-state index in [-0.39, 0.29) is 0 Å². The molecular weight excluding hydrogens is 302 g/mol. The minimum atomic E-state index is 0.528. The van der Waals surface area contributed by atoms with E-state index >= 15 is 0 Å². The maximum Gasteiger partial charge on any atom is 0.219 e. The third-order valence-electron chi connectivity index (χ3n) is 3.91. The summed E-state index contributed by atoms with van der Waals surface area (Å²) >= 11 is 5.45. The predicted molar refractivity (Wildman–Crippen MR) is 96.0 cm³/mol. The topological polar surface area (TPSA) is 33.1 Å². The van der Waals surface area contributed by atoms with Gasteiger partial charge in [0.2, 0.25) is 4.77 Å². The number of nitrogens with zero attached hydrogens (tertiary/aromatic N) is 2. The van der Waals surface area contributed by atoms with Crippen molar-refractivity contribution >= 4 is 17.7 Å². The molecule has 2 heterocycles. The van der Waals surface area contributed by atoms with Gasteiger partial charge in [-0.3, -0.25) is 5.10 Å². The Labute approximate surface area is 139 Å². The van der Waals surface area contributed by atoms with Crippen molar-refractivity contribution in [3.05, 3.63) is 77.1 Å². The van der Waals surface area contributed by atoms with Crippen molar-refractivity contribution in [1.29, 1.82) is 0 Å². The summed E-state index contributed by atoms with van der Waals surface area (Å²) in [7, 11) is 0. The van der Waals surface area contributed by atoms with Gasteiger partial charge >= 0.3 is 0 Å². The fourth-order valence-corrected chi connectivity index (χ4v) is 2.91. The molecule has 0 spiro atoms. The number of fused-ring (bicyclic) bond motifs is 1. The first-order valence-corrected chi connectivity index (χ1v) is 7.87. The van der Waals surface area contributed by atoms with E-state index in [9.17, 15) is 0 Å². The monoisotopic (exact) mass is 317 g/mol. The number of hydrogen-bond donors (Lipinski definition) is 1. The normalized spacial score (nSPS) is 11.0. The molecule has 0 atom stereocenters. The molecule has 4 rings (SSSR count). The molecule has 0 unspecified atom stereocenters. The van der Waals surface area contributed by atoms with Crippen molar-refractivity contribution in [1.82, 2.24) is 14.6 Å². The molecule has 2 aromatic heterocycles. The van der Waals surface area contributed by atoms with Gasteiger partial charge in [0.05, 0.1) is 16.9 Å². The molecule has 0 amide bonds. The maximum atomic E-state index is 5.45. The zero-order valence-corrected chi connectivity index (χ0v) is 13.5. The standard InChI is InChI=1S/C19H15N3S/c1-13-7-9-15(10-8-13)17-11-16-12-18(14-5-3-2-4-6-14)21-22(16)19(23)20-17/h2-12,21H,1H3. The second kappa shape index (κ2) is 5.48. The van der Waals surface area contributed by atoms with Crippen molar-refractivity contribution in [3.63, 3.8) is 0 Å². The van der Waals surface area contributed by atoms with Crippen LogP contribution in [0.2, 0.25) is 0 Å². The van der Waals surface area contributed by atoms with Crippen LogP contribution >= 0.6 is 12.2 Å². The summed E-state index contributed by atoms with van der Waals surface area (Å²) in [6, 6.07) is 22.7. The molecule has 1 N–H and O–H groups in total. The van der Waals surface area contributed by atoms with Crippen LogP contribution in [0.1, 0.15) is 5.56 Å². The third kappa shape index (κ3) is 2.58. The molecule has 0 aliphatic carbocycles. The molecule has 0 fully saturated rings. The molecule has 4 aromatic rings. The Morgan fingerprint density at radius 1 is 0.913 bits per heavy atom. The van der Waals surface area contributed by atoms with E-state index in [4.69, 9.17) is 12.2 Å². The zero-order valence-electron chi connectivity index (χ0n) is 12.7. The van der Waals surface area contributed by atoms with Crippen molar-refractivity contribution in [2.45, 2.75) is 6.92 Å². The Kier molecular flexibility index (Phi) is 3.32. The van der Waals surface area contributed by atoms with Crippen molar-refractivity contribution in [2.24, 2.45) is 0 Å². The van der Waals surface area contributed by atoms with Gasteiger partial charge in [-0.15, -0.1) is 0 Å². The molecule has 2 aromatic carbocycles. The second-order valence-corrected chi connectivity index (χ2v) is 5.95. The Hall–Kier alpha value is -2.72. The molecule has 4 heteroatoms. The molecule has 0 bridgehead atoms. The van der Waals surface area contributed by atoms with Gasteiger partial charge < -0.3 is 0 Å². The quantitative estimate of drug-likeness (QED) is 0.526. The highest BCUT2D eigenvalue weighted by Crippen LogP contribution is 2.23. The zero-order chi connectivity index (χ0) is 15.8. The fraction of sp³-hybridized carbons (Fsp3) is 0.0526. The van der Waals surface area contributed by atoms with Crippen LogP contribution in [0.5, 0.6) is 0 Å².